The van der Waals surface area contributed by atoms with Crippen LogP contribution in [-0.2, 0) is 0 Å². The van der Waals surface area contributed by atoms with E-state index in [4.69, 9.17) is 14.2 Å². The molecule has 0 aliphatic carbocycles. The molecule has 1 fully saturated rings. The second-order valence-corrected chi connectivity index (χ2v) is 10.1. The molecule has 0 spiro atoms. The number of piperidine rings is 1. The fraction of sp³-hybridized carbons (Fsp3) is 0.375. The molecule has 3 amide bonds. The predicted octanol–water partition coefficient (Wildman–Crippen LogP) is 6.49. The summed E-state index contributed by atoms with van der Waals surface area (Å²) < 4.78 is 17.7. The Morgan fingerprint density at radius 2 is 1.54 bits per heavy atom. The fourth-order valence-corrected chi connectivity index (χ4v) is 4.63. The van der Waals surface area contributed by atoms with E-state index in [-0.39, 0.29) is 24.1 Å². The highest BCUT2D eigenvalue weighted by Crippen LogP contribution is 2.36. The molecule has 1 saturated heterocycles. The second kappa shape index (κ2) is 14.4. The number of benzene rings is 3. The summed E-state index contributed by atoms with van der Waals surface area (Å²) in [7, 11) is 1.55. The Balaban J connectivity index is 1.35. The normalized spacial score (nSPS) is 13.4. The third-order valence-electron chi connectivity index (χ3n) is 7.10. The van der Waals surface area contributed by atoms with Crippen LogP contribution in [0.25, 0.3) is 0 Å². The Kier molecular flexibility index (Phi) is 10.5. The Hall–Kier alpha value is -4.24. The van der Waals surface area contributed by atoms with Crippen LogP contribution in [0.2, 0.25) is 0 Å². The van der Waals surface area contributed by atoms with Gasteiger partial charge < -0.3 is 35.5 Å². The summed E-state index contributed by atoms with van der Waals surface area (Å²) in [5.74, 6) is 2.17. The van der Waals surface area contributed by atoms with E-state index < -0.39 is 0 Å². The number of hydrogen-bond donors (Lipinski definition) is 4. The zero-order chi connectivity index (χ0) is 29.2. The molecule has 0 radical (unpaired) electrons. The first-order valence-electron chi connectivity index (χ1n) is 14.2. The lowest BCUT2D eigenvalue weighted by molar-refractivity contribution is 0.102. The van der Waals surface area contributed by atoms with Crippen molar-refractivity contribution in [2.24, 2.45) is 0 Å². The van der Waals surface area contributed by atoms with Crippen molar-refractivity contribution in [3.63, 3.8) is 0 Å². The van der Waals surface area contributed by atoms with Crippen LogP contribution in [0, 0.1) is 6.92 Å². The molecule has 218 valence electrons. The third kappa shape index (κ3) is 8.38. The van der Waals surface area contributed by atoms with Crippen molar-refractivity contribution < 1.29 is 23.8 Å². The number of hydrogen-bond acceptors (Lipinski definition) is 6. The van der Waals surface area contributed by atoms with E-state index in [0.717, 1.165) is 50.1 Å². The topological polar surface area (TPSA) is 110 Å². The first-order chi connectivity index (χ1) is 19.9. The molecule has 4 N–H and O–H groups in total. The number of anilines is 2. The third-order valence-corrected chi connectivity index (χ3v) is 7.10. The summed E-state index contributed by atoms with van der Waals surface area (Å²) in [6.45, 7) is 7.91. The van der Waals surface area contributed by atoms with Crippen LogP contribution in [0.4, 0.5) is 16.2 Å². The number of aryl methyl sites for hydroxylation is 1. The van der Waals surface area contributed by atoms with Gasteiger partial charge >= 0.3 is 6.03 Å². The highest BCUT2D eigenvalue weighted by atomic mass is 16.5. The van der Waals surface area contributed by atoms with Gasteiger partial charge in [0.1, 0.15) is 17.6 Å². The number of carbonyl (C=O) groups is 2. The van der Waals surface area contributed by atoms with Crippen molar-refractivity contribution in [1.29, 1.82) is 0 Å². The van der Waals surface area contributed by atoms with Crippen LogP contribution in [0.3, 0.4) is 0 Å². The molecule has 0 atom stereocenters. The minimum atomic E-state index is -0.260. The standard InChI is InChI=1S/C32H40N4O5/c1-5-23(6-2)35-32(38)36-25-10-14-29(30(20-25)39-4)41-28-13-9-24(19-21(28)3)34-31(37)22-7-11-26(12-8-22)40-27-15-17-33-18-16-27/h7-14,19-20,23,27,33H,5-6,15-18H2,1-4H3,(H,34,37)(H2,35,36,38). The molecule has 9 nitrogen and oxygen atoms in total. The van der Waals surface area contributed by atoms with Gasteiger partial charge in [-0.2, -0.15) is 0 Å². The van der Waals surface area contributed by atoms with Gasteiger partial charge in [-0.25, -0.2) is 4.79 Å². The number of ether oxygens (including phenoxy) is 3. The van der Waals surface area contributed by atoms with Crippen molar-refractivity contribution in [3.05, 3.63) is 71.8 Å². The SMILES string of the molecule is CCC(CC)NC(=O)Nc1ccc(Oc2ccc(NC(=O)c3ccc(OC4CCNCC4)cc3)cc2C)c(OC)c1. The summed E-state index contributed by atoms with van der Waals surface area (Å²) in [5, 5.41) is 12.1. The molecule has 1 aliphatic heterocycles. The van der Waals surface area contributed by atoms with E-state index >= 15 is 0 Å². The van der Waals surface area contributed by atoms with Crippen LogP contribution in [0.15, 0.2) is 60.7 Å². The molecule has 1 heterocycles. The van der Waals surface area contributed by atoms with Crippen molar-refractivity contribution >= 4 is 23.3 Å². The lowest BCUT2D eigenvalue weighted by Gasteiger charge is -2.23. The van der Waals surface area contributed by atoms with Gasteiger partial charge in [0, 0.05) is 29.0 Å². The molecule has 3 aromatic carbocycles. The number of urea groups is 1. The van der Waals surface area contributed by atoms with E-state index in [0.29, 0.717) is 34.2 Å². The summed E-state index contributed by atoms with van der Waals surface area (Å²) in [4.78, 5) is 25.2. The average molecular weight is 561 g/mol. The second-order valence-electron chi connectivity index (χ2n) is 10.1. The first kappa shape index (κ1) is 29.7. The van der Waals surface area contributed by atoms with Crippen LogP contribution in [0.1, 0.15) is 55.5 Å². The maximum Gasteiger partial charge on any atom is 0.319 e. The fourth-order valence-electron chi connectivity index (χ4n) is 4.63. The molecule has 0 bridgehead atoms. The molecule has 9 heteroatoms. The van der Waals surface area contributed by atoms with E-state index in [1.54, 1.807) is 49.6 Å². The monoisotopic (exact) mass is 560 g/mol. The molecule has 1 aliphatic rings. The summed E-state index contributed by atoms with van der Waals surface area (Å²) in [5.41, 5.74) is 2.64. The highest BCUT2D eigenvalue weighted by molar-refractivity contribution is 6.04. The number of carbonyl (C=O) groups excluding carboxylic acids is 2. The Bertz CT molecular complexity index is 1320. The van der Waals surface area contributed by atoms with E-state index in [9.17, 15) is 9.59 Å². The molecular formula is C32H40N4O5. The minimum Gasteiger partial charge on any atom is -0.493 e. The van der Waals surface area contributed by atoms with Gasteiger partial charge in [-0.15, -0.1) is 0 Å². The lowest BCUT2D eigenvalue weighted by Crippen LogP contribution is -2.37. The van der Waals surface area contributed by atoms with Gasteiger partial charge in [0.05, 0.1) is 7.11 Å². The number of nitrogens with one attached hydrogen (secondary N) is 4. The van der Waals surface area contributed by atoms with Gasteiger partial charge in [0.15, 0.2) is 11.5 Å². The van der Waals surface area contributed by atoms with Crippen LogP contribution in [0.5, 0.6) is 23.0 Å². The summed E-state index contributed by atoms with van der Waals surface area (Å²) in [6.07, 6.45) is 3.90. The van der Waals surface area contributed by atoms with Gasteiger partial charge in [-0.05, 0) is 106 Å². The van der Waals surface area contributed by atoms with Crippen molar-refractivity contribution in [2.75, 3.05) is 30.8 Å². The van der Waals surface area contributed by atoms with Gasteiger partial charge in [0.2, 0.25) is 0 Å². The minimum absolute atomic E-state index is 0.125. The van der Waals surface area contributed by atoms with Gasteiger partial charge in [0.25, 0.3) is 5.91 Å². The number of amides is 3. The Morgan fingerprint density at radius 3 is 2.17 bits per heavy atom. The van der Waals surface area contributed by atoms with Crippen molar-refractivity contribution in [3.8, 4) is 23.0 Å². The van der Waals surface area contributed by atoms with Crippen molar-refractivity contribution in [1.82, 2.24) is 10.6 Å². The molecule has 0 unspecified atom stereocenters. The molecule has 3 aromatic rings. The van der Waals surface area contributed by atoms with E-state index in [2.05, 4.69) is 21.3 Å². The number of methoxy groups -OCH3 is 1. The zero-order valence-electron chi connectivity index (χ0n) is 24.2. The molecule has 41 heavy (non-hydrogen) atoms. The Morgan fingerprint density at radius 1 is 0.878 bits per heavy atom. The zero-order valence-corrected chi connectivity index (χ0v) is 24.2. The van der Waals surface area contributed by atoms with Crippen molar-refractivity contribution in [2.45, 2.75) is 58.6 Å². The average Bonchev–Trinajstić information content (AvgIpc) is 2.98. The predicted molar refractivity (Wildman–Crippen MR) is 162 cm³/mol. The lowest BCUT2D eigenvalue weighted by atomic mass is 10.1. The van der Waals surface area contributed by atoms with E-state index in [1.807, 2.05) is 39.0 Å². The van der Waals surface area contributed by atoms with Crippen LogP contribution >= 0.6 is 0 Å². The number of rotatable bonds is 11. The summed E-state index contributed by atoms with van der Waals surface area (Å²) in [6, 6.07) is 17.8. The smallest absolute Gasteiger partial charge is 0.319 e. The quantitative estimate of drug-likeness (QED) is 0.213. The van der Waals surface area contributed by atoms with E-state index in [1.165, 1.54) is 0 Å². The van der Waals surface area contributed by atoms with Gasteiger partial charge in [-0.1, -0.05) is 13.8 Å². The maximum absolute atomic E-state index is 12.8. The molecule has 0 saturated carbocycles. The maximum atomic E-state index is 12.8. The van der Waals surface area contributed by atoms with Crippen LogP contribution < -0.4 is 35.5 Å². The van der Waals surface area contributed by atoms with Gasteiger partial charge in [-0.3, -0.25) is 4.79 Å². The van der Waals surface area contributed by atoms with Crippen LogP contribution in [-0.4, -0.2) is 44.3 Å². The molecule has 0 aromatic heterocycles. The highest BCUT2D eigenvalue weighted by Gasteiger charge is 2.16. The first-order valence-corrected chi connectivity index (χ1v) is 14.2. The molecular weight excluding hydrogens is 520 g/mol. The molecule has 4 rings (SSSR count). The summed E-state index contributed by atoms with van der Waals surface area (Å²) >= 11 is 0. The Labute approximate surface area is 242 Å². The largest absolute Gasteiger partial charge is 0.493 e.